The molecule has 64 valence electrons. The van der Waals surface area contributed by atoms with Crippen molar-refractivity contribution in [3.63, 3.8) is 0 Å². The predicted octanol–water partition coefficient (Wildman–Crippen LogP) is 1.02. The van der Waals surface area contributed by atoms with Crippen molar-refractivity contribution in [1.82, 2.24) is 0 Å². The van der Waals surface area contributed by atoms with Crippen LogP contribution in [-0.4, -0.2) is 12.7 Å². The molecular formula is C8H15NO2. The molecule has 0 aromatic heterocycles. The van der Waals surface area contributed by atoms with Crippen LogP contribution in [0, 0.1) is 5.92 Å². The lowest BCUT2D eigenvalue weighted by Crippen LogP contribution is -2.25. The summed E-state index contributed by atoms with van der Waals surface area (Å²) in [5, 5.41) is 0. The van der Waals surface area contributed by atoms with Gasteiger partial charge in [-0.05, 0) is 5.92 Å². The van der Waals surface area contributed by atoms with Crippen molar-refractivity contribution >= 4 is 6.47 Å². The Morgan fingerprint density at radius 3 is 2.73 bits per heavy atom. The maximum atomic E-state index is 9.89. The lowest BCUT2D eigenvalue weighted by molar-refractivity contribution is -0.134. The molecule has 1 aliphatic rings. The lowest BCUT2D eigenvalue weighted by atomic mass is 10.0. The molecule has 0 radical (unpaired) electrons. The van der Waals surface area contributed by atoms with Crippen molar-refractivity contribution in [3.05, 3.63) is 0 Å². The van der Waals surface area contributed by atoms with Gasteiger partial charge in [-0.25, -0.2) is 0 Å². The average molecular weight is 157 g/mol. The van der Waals surface area contributed by atoms with Crippen LogP contribution in [0.25, 0.3) is 0 Å². The summed E-state index contributed by atoms with van der Waals surface area (Å²) in [6, 6.07) is 0. The standard InChI is InChI=1S/C8H15NO2/c9-8(11-6-10)5-7-3-1-2-4-7/h6-8H,1-5,9H2. The van der Waals surface area contributed by atoms with E-state index >= 15 is 0 Å². The Morgan fingerprint density at radius 1 is 1.55 bits per heavy atom. The highest BCUT2D eigenvalue weighted by Gasteiger charge is 2.18. The third kappa shape index (κ3) is 2.89. The zero-order chi connectivity index (χ0) is 8.10. The summed E-state index contributed by atoms with van der Waals surface area (Å²) in [6.45, 7) is 0.430. The van der Waals surface area contributed by atoms with E-state index in [0.29, 0.717) is 12.4 Å². The summed E-state index contributed by atoms with van der Waals surface area (Å²) in [6.07, 6.45) is 5.55. The van der Waals surface area contributed by atoms with Gasteiger partial charge in [-0.15, -0.1) is 0 Å². The SMILES string of the molecule is NC(CC1CCCC1)OC=O. The molecule has 11 heavy (non-hydrogen) atoms. The maximum absolute atomic E-state index is 9.89. The number of hydrogen-bond donors (Lipinski definition) is 1. The predicted molar refractivity (Wildman–Crippen MR) is 41.7 cm³/mol. The number of ether oxygens (including phenoxy) is 1. The largest absolute Gasteiger partial charge is 0.449 e. The Labute approximate surface area is 66.9 Å². The molecule has 1 atom stereocenters. The summed E-state index contributed by atoms with van der Waals surface area (Å²) >= 11 is 0. The molecule has 3 heteroatoms. The minimum atomic E-state index is -0.379. The molecular weight excluding hydrogens is 142 g/mol. The van der Waals surface area contributed by atoms with E-state index < -0.39 is 0 Å². The first-order chi connectivity index (χ1) is 5.33. The topological polar surface area (TPSA) is 52.3 Å². The van der Waals surface area contributed by atoms with Crippen LogP contribution in [0.15, 0.2) is 0 Å². The van der Waals surface area contributed by atoms with E-state index in [9.17, 15) is 4.79 Å². The van der Waals surface area contributed by atoms with Crippen molar-refractivity contribution < 1.29 is 9.53 Å². The molecule has 2 N–H and O–H groups in total. The minimum absolute atomic E-state index is 0.379. The molecule has 0 spiro atoms. The van der Waals surface area contributed by atoms with E-state index in [-0.39, 0.29) is 6.23 Å². The Hall–Kier alpha value is -0.570. The zero-order valence-corrected chi connectivity index (χ0v) is 6.66. The fourth-order valence-corrected chi connectivity index (χ4v) is 1.70. The van der Waals surface area contributed by atoms with E-state index in [2.05, 4.69) is 4.74 Å². The van der Waals surface area contributed by atoms with Crippen LogP contribution >= 0.6 is 0 Å². The Balaban J connectivity index is 2.12. The highest BCUT2D eigenvalue weighted by atomic mass is 16.5. The highest BCUT2D eigenvalue weighted by molar-refractivity contribution is 5.37. The summed E-state index contributed by atoms with van der Waals surface area (Å²) in [5.74, 6) is 0.685. The molecule has 1 aliphatic carbocycles. The van der Waals surface area contributed by atoms with Gasteiger partial charge in [0.2, 0.25) is 0 Å². The van der Waals surface area contributed by atoms with E-state index in [1.807, 2.05) is 0 Å². The van der Waals surface area contributed by atoms with Crippen LogP contribution in [0.5, 0.6) is 0 Å². The van der Waals surface area contributed by atoms with E-state index in [1.165, 1.54) is 25.7 Å². The van der Waals surface area contributed by atoms with Gasteiger partial charge < -0.3 is 4.74 Å². The first-order valence-electron chi connectivity index (χ1n) is 4.17. The van der Waals surface area contributed by atoms with E-state index in [0.717, 1.165) is 6.42 Å². The first-order valence-corrected chi connectivity index (χ1v) is 4.17. The third-order valence-corrected chi connectivity index (χ3v) is 2.27. The van der Waals surface area contributed by atoms with Crippen LogP contribution in [0.4, 0.5) is 0 Å². The van der Waals surface area contributed by atoms with Crippen molar-refractivity contribution in [1.29, 1.82) is 0 Å². The molecule has 0 saturated heterocycles. The fraction of sp³-hybridized carbons (Fsp3) is 0.875. The van der Waals surface area contributed by atoms with Crippen molar-refractivity contribution in [2.24, 2.45) is 11.7 Å². The average Bonchev–Trinajstić information content (AvgIpc) is 2.40. The van der Waals surface area contributed by atoms with Crippen LogP contribution in [-0.2, 0) is 9.53 Å². The van der Waals surface area contributed by atoms with Crippen LogP contribution in [0.1, 0.15) is 32.1 Å². The van der Waals surface area contributed by atoms with Gasteiger partial charge in [-0.1, -0.05) is 25.7 Å². The van der Waals surface area contributed by atoms with Crippen molar-refractivity contribution in [2.75, 3.05) is 0 Å². The first kappa shape index (κ1) is 8.53. The number of hydrogen-bond acceptors (Lipinski definition) is 3. The van der Waals surface area contributed by atoms with Gasteiger partial charge in [0.1, 0.15) is 0 Å². The number of rotatable bonds is 4. The summed E-state index contributed by atoms with van der Waals surface area (Å²) < 4.78 is 4.60. The third-order valence-electron chi connectivity index (χ3n) is 2.27. The second kappa shape index (κ2) is 4.34. The monoisotopic (exact) mass is 157 g/mol. The van der Waals surface area contributed by atoms with Gasteiger partial charge >= 0.3 is 0 Å². The number of nitrogens with two attached hydrogens (primary N) is 1. The van der Waals surface area contributed by atoms with Gasteiger partial charge in [0, 0.05) is 6.42 Å². The summed E-state index contributed by atoms with van der Waals surface area (Å²) in [4.78, 5) is 9.89. The molecule has 0 aromatic carbocycles. The molecule has 0 aromatic rings. The van der Waals surface area contributed by atoms with Crippen LogP contribution < -0.4 is 5.73 Å². The van der Waals surface area contributed by atoms with Crippen LogP contribution in [0.2, 0.25) is 0 Å². The molecule has 1 saturated carbocycles. The normalized spacial score (nSPS) is 21.5. The molecule has 1 fully saturated rings. The van der Waals surface area contributed by atoms with Crippen molar-refractivity contribution in [2.45, 2.75) is 38.3 Å². The maximum Gasteiger partial charge on any atom is 0.294 e. The molecule has 3 nitrogen and oxygen atoms in total. The minimum Gasteiger partial charge on any atom is -0.449 e. The van der Waals surface area contributed by atoms with E-state index in [1.54, 1.807) is 0 Å². The summed E-state index contributed by atoms with van der Waals surface area (Å²) in [7, 11) is 0. The Kier molecular flexibility index (Phi) is 3.36. The molecule has 0 heterocycles. The van der Waals surface area contributed by atoms with Gasteiger partial charge in [-0.3, -0.25) is 10.5 Å². The summed E-state index contributed by atoms with van der Waals surface area (Å²) in [5.41, 5.74) is 5.51. The van der Waals surface area contributed by atoms with Crippen molar-refractivity contribution in [3.8, 4) is 0 Å². The number of carbonyl (C=O) groups is 1. The quantitative estimate of drug-likeness (QED) is 0.489. The second-order valence-corrected chi connectivity index (χ2v) is 3.16. The van der Waals surface area contributed by atoms with Gasteiger partial charge in [0.05, 0.1) is 0 Å². The van der Waals surface area contributed by atoms with Crippen LogP contribution in [0.3, 0.4) is 0 Å². The van der Waals surface area contributed by atoms with Gasteiger partial charge in [0.15, 0.2) is 6.23 Å². The molecule has 1 unspecified atom stereocenters. The molecule has 0 amide bonds. The van der Waals surface area contributed by atoms with Gasteiger partial charge in [0.25, 0.3) is 6.47 Å². The molecule has 0 aliphatic heterocycles. The smallest absolute Gasteiger partial charge is 0.294 e. The molecule has 0 bridgehead atoms. The van der Waals surface area contributed by atoms with E-state index in [4.69, 9.17) is 5.73 Å². The molecule has 1 rings (SSSR count). The fourth-order valence-electron chi connectivity index (χ4n) is 1.70. The second-order valence-electron chi connectivity index (χ2n) is 3.16. The Morgan fingerprint density at radius 2 is 2.18 bits per heavy atom. The highest BCUT2D eigenvalue weighted by Crippen LogP contribution is 2.28. The van der Waals surface area contributed by atoms with Gasteiger partial charge in [-0.2, -0.15) is 0 Å². The number of carbonyl (C=O) groups excluding carboxylic acids is 1. The lowest BCUT2D eigenvalue weighted by Gasteiger charge is -2.13. The Bertz CT molecular complexity index is 121. The zero-order valence-electron chi connectivity index (χ0n) is 6.66.